The highest BCUT2D eigenvalue weighted by molar-refractivity contribution is 5.97. The van der Waals surface area contributed by atoms with Crippen molar-refractivity contribution in [2.24, 2.45) is 0 Å². The van der Waals surface area contributed by atoms with Gasteiger partial charge in [0, 0.05) is 0 Å². The van der Waals surface area contributed by atoms with Gasteiger partial charge in [-0.3, -0.25) is 30.4 Å². The molecule has 2 aromatic rings. The lowest BCUT2D eigenvalue weighted by molar-refractivity contribution is -0.386. The summed E-state index contributed by atoms with van der Waals surface area (Å²) in [5, 5.41) is 49.9. The number of nitrogens with zero attached hydrogens (tertiary/aromatic N) is 4. The molecule has 22 heavy (non-hydrogen) atoms. The number of aromatic amines is 2. The number of carboxylic acids is 2. The molecule has 0 saturated heterocycles. The standard InChI is InChI=1S/C8H4N6O8/c15-7(16)3-5(13(19)20)1(9-11-3)2-6(14(21)22)4(8(17)18)12-10-2/h(H,9,11)(H,10,12)(H,15,16)(H,17,18). The summed E-state index contributed by atoms with van der Waals surface area (Å²) in [6, 6.07) is 0. The molecule has 114 valence electrons. The van der Waals surface area contributed by atoms with Crippen LogP contribution >= 0.6 is 0 Å². The summed E-state index contributed by atoms with van der Waals surface area (Å²) in [5.74, 6) is -3.44. The molecule has 2 rings (SSSR count). The number of carbonyl (C=O) groups is 2. The Hall–Kier alpha value is -3.84. The molecule has 0 bridgehead atoms. The average molecular weight is 312 g/mol. The molecule has 0 aliphatic carbocycles. The van der Waals surface area contributed by atoms with Gasteiger partial charge in [-0.25, -0.2) is 9.59 Å². The van der Waals surface area contributed by atoms with Crippen molar-refractivity contribution in [2.75, 3.05) is 0 Å². The number of hydrogen-bond acceptors (Lipinski definition) is 8. The summed E-state index contributed by atoms with van der Waals surface area (Å²) in [4.78, 5) is 41.4. The third kappa shape index (κ3) is 2.09. The summed E-state index contributed by atoms with van der Waals surface area (Å²) < 4.78 is 0. The third-order valence-corrected chi connectivity index (χ3v) is 2.50. The number of aromatic nitrogens is 4. The fourth-order valence-corrected chi connectivity index (χ4v) is 1.66. The molecule has 0 amide bonds. The third-order valence-electron chi connectivity index (χ3n) is 2.50. The van der Waals surface area contributed by atoms with Gasteiger partial charge < -0.3 is 10.2 Å². The van der Waals surface area contributed by atoms with E-state index in [1.807, 2.05) is 10.2 Å². The van der Waals surface area contributed by atoms with Crippen LogP contribution in [0.3, 0.4) is 0 Å². The zero-order chi connectivity index (χ0) is 16.6. The van der Waals surface area contributed by atoms with E-state index in [1.54, 1.807) is 0 Å². The molecule has 0 saturated carbocycles. The van der Waals surface area contributed by atoms with Crippen molar-refractivity contribution < 1.29 is 29.6 Å². The van der Waals surface area contributed by atoms with E-state index in [1.165, 1.54) is 0 Å². The molecular weight excluding hydrogens is 308 g/mol. The van der Waals surface area contributed by atoms with Crippen molar-refractivity contribution in [1.29, 1.82) is 0 Å². The molecule has 2 aromatic heterocycles. The number of nitro groups is 2. The molecule has 14 heteroatoms. The van der Waals surface area contributed by atoms with Crippen LogP contribution in [0, 0.1) is 20.2 Å². The van der Waals surface area contributed by atoms with E-state index in [0.717, 1.165) is 0 Å². The quantitative estimate of drug-likeness (QED) is 0.427. The van der Waals surface area contributed by atoms with Crippen molar-refractivity contribution in [2.45, 2.75) is 0 Å². The van der Waals surface area contributed by atoms with Gasteiger partial charge in [0.25, 0.3) is 0 Å². The van der Waals surface area contributed by atoms with E-state index < -0.39 is 55.9 Å². The van der Waals surface area contributed by atoms with Crippen molar-refractivity contribution in [3.8, 4) is 11.4 Å². The minimum Gasteiger partial charge on any atom is -0.476 e. The topological polar surface area (TPSA) is 218 Å². The van der Waals surface area contributed by atoms with Crippen molar-refractivity contribution in [1.82, 2.24) is 20.4 Å². The lowest BCUT2D eigenvalue weighted by Gasteiger charge is -1.93. The van der Waals surface area contributed by atoms with E-state index in [2.05, 4.69) is 10.2 Å². The van der Waals surface area contributed by atoms with Crippen LogP contribution in [0.2, 0.25) is 0 Å². The Kier molecular flexibility index (Phi) is 3.26. The van der Waals surface area contributed by atoms with Crippen LogP contribution in [0.5, 0.6) is 0 Å². The van der Waals surface area contributed by atoms with Crippen LogP contribution < -0.4 is 0 Å². The van der Waals surface area contributed by atoms with Gasteiger partial charge in [0.15, 0.2) is 11.4 Å². The SMILES string of the molecule is O=C(O)c1[nH]nc(-c2n[nH]c(C(=O)O)c2[N+](=O)[O-])c1[N+](=O)[O-]. The van der Waals surface area contributed by atoms with Gasteiger partial charge in [0.05, 0.1) is 9.85 Å². The molecule has 0 atom stereocenters. The Morgan fingerprint density at radius 1 is 0.864 bits per heavy atom. The minimum absolute atomic E-state index is 0.766. The smallest absolute Gasteiger partial charge is 0.361 e. The highest BCUT2D eigenvalue weighted by atomic mass is 16.6. The molecular formula is C8H4N6O8. The zero-order valence-electron chi connectivity index (χ0n) is 10.1. The summed E-state index contributed by atoms with van der Waals surface area (Å²) in [6.07, 6.45) is 0. The van der Waals surface area contributed by atoms with Gasteiger partial charge in [-0.05, 0) is 0 Å². The van der Waals surface area contributed by atoms with Crippen molar-refractivity contribution in [3.63, 3.8) is 0 Å². The Morgan fingerprint density at radius 3 is 1.41 bits per heavy atom. The first-order chi connectivity index (χ1) is 10.3. The number of H-pyrrole nitrogens is 2. The maximum Gasteiger partial charge on any atom is 0.361 e. The average Bonchev–Trinajstić information content (AvgIpc) is 3.01. The fraction of sp³-hybridized carbons (Fsp3) is 0. The highest BCUT2D eigenvalue weighted by Crippen LogP contribution is 2.36. The van der Waals surface area contributed by atoms with Gasteiger partial charge in [-0.1, -0.05) is 0 Å². The monoisotopic (exact) mass is 312 g/mol. The molecule has 2 heterocycles. The van der Waals surface area contributed by atoms with Gasteiger partial charge in [-0.2, -0.15) is 10.2 Å². The molecule has 0 aliphatic heterocycles. The second kappa shape index (κ2) is 4.93. The molecule has 0 unspecified atom stereocenters. The predicted octanol–water partition coefficient (Wildman–Crippen LogP) is 0.0126. The van der Waals surface area contributed by atoms with Crippen molar-refractivity contribution in [3.05, 3.63) is 31.6 Å². The lowest BCUT2D eigenvalue weighted by atomic mass is 10.2. The number of nitrogens with one attached hydrogen (secondary N) is 2. The maximum atomic E-state index is 11.0. The molecule has 0 aromatic carbocycles. The Morgan fingerprint density at radius 2 is 1.18 bits per heavy atom. The normalized spacial score (nSPS) is 10.4. The Balaban J connectivity index is 2.78. The van der Waals surface area contributed by atoms with Crippen molar-refractivity contribution >= 4 is 23.3 Å². The first-order valence-electron chi connectivity index (χ1n) is 5.18. The lowest BCUT2D eigenvalue weighted by Crippen LogP contribution is -2.03. The highest BCUT2D eigenvalue weighted by Gasteiger charge is 2.38. The van der Waals surface area contributed by atoms with Gasteiger partial charge in [0.1, 0.15) is 0 Å². The van der Waals surface area contributed by atoms with E-state index in [4.69, 9.17) is 10.2 Å². The summed E-state index contributed by atoms with van der Waals surface area (Å²) in [7, 11) is 0. The first-order valence-corrected chi connectivity index (χ1v) is 5.18. The van der Waals surface area contributed by atoms with Crippen LogP contribution in [-0.4, -0.2) is 52.4 Å². The molecule has 0 spiro atoms. The first kappa shape index (κ1) is 14.6. The summed E-state index contributed by atoms with van der Waals surface area (Å²) in [6.45, 7) is 0. The molecule has 4 N–H and O–H groups in total. The fourth-order valence-electron chi connectivity index (χ4n) is 1.66. The Bertz CT molecular complexity index is 750. The largest absolute Gasteiger partial charge is 0.476 e. The Labute approximate surface area is 117 Å². The second-order valence-corrected chi connectivity index (χ2v) is 3.72. The minimum atomic E-state index is -1.72. The predicted molar refractivity (Wildman–Crippen MR) is 63.4 cm³/mol. The molecule has 0 radical (unpaired) electrons. The van der Waals surface area contributed by atoms with Crippen LogP contribution in [0.15, 0.2) is 0 Å². The molecule has 0 aliphatic rings. The van der Waals surface area contributed by atoms with E-state index in [9.17, 15) is 29.8 Å². The number of aromatic carboxylic acids is 2. The second-order valence-electron chi connectivity index (χ2n) is 3.72. The van der Waals surface area contributed by atoms with Crippen LogP contribution in [-0.2, 0) is 0 Å². The molecule has 14 nitrogen and oxygen atoms in total. The summed E-state index contributed by atoms with van der Waals surface area (Å²) in [5.41, 5.74) is -5.52. The van der Waals surface area contributed by atoms with Gasteiger partial charge in [0.2, 0.25) is 11.4 Å². The van der Waals surface area contributed by atoms with Crippen LogP contribution in [0.4, 0.5) is 11.4 Å². The number of hydrogen-bond donors (Lipinski definition) is 4. The van der Waals surface area contributed by atoms with Gasteiger partial charge >= 0.3 is 23.3 Å². The van der Waals surface area contributed by atoms with E-state index in [-0.39, 0.29) is 0 Å². The molecule has 0 fully saturated rings. The van der Waals surface area contributed by atoms with Gasteiger partial charge in [-0.15, -0.1) is 0 Å². The number of rotatable bonds is 5. The van der Waals surface area contributed by atoms with Crippen LogP contribution in [0.1, 0.15) is 21.0 Å². The van der Waals surface area contributed by atoms with Crippen LogP contribution in [0.25, 0.3) is 11.4 Å². The maximum absolute atomic E-state index is 11.0. The summed E-state index contributed by atoms with van der Waals surface area (Å²) >= 11 is 0. The number of carboxylic acid groups (broad SMARTS) is 2. The van der Waals surface area contributed by atoms with E-state index >= 15 is 0 Å². The van der Waals surface area contributed by atoms with E-state index in [0.29, 0.717) is 0 Å². The zero-order valence-corrected chi connectivity index (χ0v) is 10.1.